The van der Waals surface area contributed by atoms with Crippen molar-refractivity contribution >= 4 is 17.6 Å². The Hall–Kier alpha value is -4.59. The molecule has 0 saturated heterocycles. The first-order valence-corrected chi connectivity index (χ1v) is 13.2. The molecule has 8 heteroatoms. The van der Waals surface area contributed by atoms with E-state index in [1.807, 2.05) is 82.3 Å². The molecule has 2 amide bonds. The van der Waals surface area contributed by atoms with Crippen LogP contribution in [0.15, 0.2) is 72.8 Å². The van der Waals surface area contributed by atoms with Crippen molar-refractivity contribution < 1.29 is 19.1 Å². The molecular formula is C32H36N4O4. The zero-order valence-corrected chi connectivity index (χ0v) is 23.9. The smallest absolute Gasteiger partial charge is 0.254 e. The standard InChI is InChI=1S/C32H36N4O4/c1-21(2)19-35(32(38)25-16-27(39-5)18-28(17-25)40-6)20-29(37)33-31-30(24-10-8-7-9-11-24)23(4)34-36(31)26-14-12-22(3)13-15-26/h7-18,21H,19-20H2,1-6H3,(H,33,37). The highest BCUT2D eigenvalue weighted by Gasteiger charge is 2.24. The number of methoxy groups -OCH3 is 2. The number of ether oxygens (including phenoxy) is 2. The molecule has 0 aliphatic rings. The lowest BCUT2D eigenvalue weighted by molar-refractivity contribution is -0.117. The van der Waals surface area contributed by atoms with Gasteiger partial charge in [0.15, 0.2) is 0 Å². The van der Waals surface area contributed by atoms with Crippen molar-refractivity contribution in [2.45, 2.75) is 27.7 Å². The van der Waals surface area contributed by atoms with Crippen LogP contribution in [-0.2, 0) is 4.79 Å². The number of carbonyl (C=O) groups is 2. The maximum atomic E-state index is 13.6. The van der Waals surface area contributed by atoms with E-state index in [9.17, 15) is 9.59 Å². The highest BCUT2D eigenvalue weighted by molar-refractivity contribution is 6.01. The number of nitrogens with zero attached hydrogens (tertiary/aromatic N) is 3. The number of rotatable bonds is 10. The van der Waals surface area contributed by atoms with Crippen LogP contribution in [0, 0.1) is 19.8 Å². The second kappa shape index (κ2) is 12.5. The van der Waals surface area contributed by atoms with Crippen molar-refractivity contribution in [1.29, 1.82) is 0 Å². The lowest BCUT2D eigenvalue weighted by Gasteiger charge is -2.25. The van der Waals surface area contributed by atoms with Gasteiger partial charge in [0, 0.05) is 23.7 Å². The molecule has 0 fully saturated rings. The van der Waals surface area contributed by atoms with Crippen LogP contribution in [0.1, 0.15) is 35.5 Å². The fourth-order valence-electron chi connectivity index (χ4n) is 4.58. The molecule has 0 aliphatic carbocycles. The molecule has 4 aromatic rings. The highest BCUT2D eigenvalue weighted by Crippen LogP contribution is 2.33. The molecule has 40 heavy (non-hydrogen) atoms. The predicted octanol–water partition coefficient (Wildman–Crippen LogP) is 5.91. The van der Waals surface area contributed by atoms with Crippen molar-refractivity contribution in [2.75, 3.05) is 32.6 Å². The average Bonchev–Trinajstić information content (AvgIpc) is 3.27. The number of hydrogen-bond acceptors (Lipinski definition) is 5. The minimum atomic E-state index is -0.325. The normalized spacial score (nSPS) is 10.9. The number of carbonyl (C=O) groups excluding carboxylic acids is 2. The topological polar surface area (TPSA) is 85.7 Å². The Morgan fingerprint density at radius 1 is 0.925 bits per heavy atom. The molecule has 0 aliphatic heterocycles. The Kier molecular flexibility index (Phi) is 8.89. The molecule has 3 aromatic carbocycles. The largest absolute Gasteiger partial charge is 0.497 e. The molecule has 1 N–H and O–H groups in total. The predicted molar refractivity (Wildman–Crippen MR) is 157 cm³/mol. The molecular weight excluding hydrogens is 504 g/mol. The van der Waals surface area contributed by atoms with Gasteiger partial charge in [-0.15, -0.1) is 0 Å². The maximum absolute atomic E-state index is 13.6. The molecule has 4 rings (SSSR count). The van der Waals surface area contributed by atoms with Crippen LogP contribution in [0.25, 0.3) is 16.8 Å². The van der Waals surface area contributed by atoms with Gasteiger partial charge >= 0.3 is 0 Å². The zero-order valence-electron chi connectivity index (χ0n) is 23.9. The summed E-state index contributed by atoms with van der Waals surface area (Å²) in [5, 5.41) is 7.87. The first-order valence-electron chi connectivity index (χ1n) is 13.2. The van der Waals surface area contributed by atoms with Gasteiger partial charge in [0.25, 0.3) is 5.91 Å². The number of hydrogen-bond donors (Lipinski definition) is 1. The number of aromatic nitrogens is 2. The SMILES string of the molecule is COc1cc(OC)cc(C(=O)N(CC(=O)Nc2c(-c3ccccc3)c(C)nn2-c2ccc(C)cc2)CC(C)C)c1. The van der Waals surface area contributed by atoms with E-state index in [4.69, 9.17) is 14.6 Å². The summed E-state index contributed by atoms with van der Waals surface area (Å²) in [6, 6.07) is 22.8. The number of amides is 2. The summed E-state index contributed by atoms with van der Waals surface area (Å²) >= 11 is 0. The second-order valence-corrected chi connectivity index (χ2v) is 10.2. The summed E-state index contributed by atoms with van der Waals surface area (Å²) in [5.41, 5.74) is 4.88. The summed E-state index contributed by atoms with van der Waals surface area (Å²) in [5.74, 6) is 1.09. The van der Waals surface area contributed by atoms with Crippen LogP contribution in [0.2, 0.25) is 0 Å². The molecule has 1 aromatic heterocycles. The van der Waals surface area contributed by atoms with E-state index in [1.54, 1.807) is 27.8 Å². The van der Waals surface area contributed by atoms with E-state index in [0.717, 1.165) is 28.1 Å². The summed E-state index contributed by atoms with van der Waals surface area (Å²) in [7, 11) is 3.07. The molecule has 0 spiro atoms. The molecule has 0 bridgehead atoms. The first kappa shape index (κ1) is 28.4. The van der Waals surface area contributed by atoms with Gasteiger partial charge in [-0.05, 0) is 49.6 Å². The van der Waals surface area contributed by atoms with Gasteiger partial charge in [-0.2, -0.15) is 5.10 Å². The van der Waals surface area contributed by atoms with Crippen molar-refractivity contribution in [2.24, 2.45) is 5.92 Å². The van der Waals surface area contributed by atoms with E-state index in [-0.39, 0.29) is 24.3 Å². The summed E-state index contributed by atoms with van der Waals surface area (Å²) in [6.07, 6.45) is 0. The van der Waals surface area contributed by atoms with E-state index >= 15 is 0 Å². The Balaban J connectivity index is 1.69. The van der Waals surface area contributed by atoms with Crippen molar-refractivity contribution in [3.8, 4) is 28.3 Å². The van der Waals surface area contributed by atoms with Gasteiger partial charge < -0.3 is 19.7 Å². The number of anilines is 1. The van der Waals surface area contributed by atoms with Crippen LogP contribution < -0.4 is 14.8 Å². The summed E-state index contributed by atoms with van der Waals surface area (Å²) < 4.78 is 12.4. The van der Waals surface area contributed by atoms with E-state index < -0.39 is 0 Å². The van der Waals surface area contributed by atoms with Gasteiger partial charge in [0.05, 0.1) is 25.6 Å². The van der Waals surface area contributed by atoms with Crippen molar-refractivity contribution in [3.63, 3.8) is 0 Å². The summed E-state index contributed by atoms with van der Waals surface area (Å²) in [4.78, 5) is 28.8. The van der Waals surface area contributed by atoms with Crippen LogP contribution in [0.5, 0.6) is 11.5 Å². The van der Waals surface area contributed by atoms with Crippen molar-refractivity contribution in [1.82, 2.24) is 14.7 Å². The first-order chi connectivity index (χ1) is 19.2. The van der Waals surface area contributed by atoms with Crippen LogP contribution in [0.4, 0.5) is 5.82 Å². The minimum Gasteiger partial charge on any atom is -0.497 e. The van der Waals surface area contributed by atoms with Crippen molar-refractivity contribution in [3.05, 3.63) is 89.6 Å². The zero-order chi connectivity index (χ0) is 28.8. The van der Waals surface area contributed by atoms with Gasteiger partial charge in [0.1, 0.15) is 23.9 Å². The summed E-state index contributed by atoms with van der Waals surface area (Å²) in [6.45, 7) is 8.22. The van der Waals surface area contributed by atoms with Gasteiger partial charge in [-0.25, -0.2) is 4.68 Å². The monoisotopic (exact) mass is 540 g/mol. The van der Waals surface area contributed by atoms with Crippen LogP contribution in [0.3, 0.4) is 0 Å². The number of benzene rings is 3. The van der Waals surface area contributed by atoms with E-state index in [2.05, 4.69) is 5.32 Å². The Bertz CT molecular complexity index is 1450. The quantitative estimate of drug-likeness (QED) is 0.270. The lowest BCUT2D eigenvalue weighted by Crippen LogP contribution is -2.40. The molecule has 208 valence electrons. The second-order valence-electron chi connectivity index (χ2n) is 10.2. The number of aryl methyl sites for hydroxylation is 2. The fourth-order valence-corrected chi connectivity index (χ4v) is 4.58. The van der Waals surface area contributed by atoms with Gasteiger partial charge in [-0.3, -0.25) is 9.59 Å². The molecule has 0 saturated carbocycles. The average molecular weight is 541 g/mol. The van der Waals surface area contributed by atoms with Gasteiger partial charge in [-0.1, -0.05) is 61.9 Å². The minimum absolute atomic E-state index is 0.136. The molecule has 0 unspecified atom stereocenters. The molecule has 8 nitrogen and oxygen atoms in total. The Morgan fingerprint density at radius 2 is 1.55 bits per heavy atom. The molecule has 1 heterocycles. The Morgan fingerprint density at radius 3 is 2.12 bits per heavy atom. The molecule has 0 radical (unpaired) electrons. The number of nitrogens with one attached hydrogen (secondary N) is 1. The highest BCUT2D eigenvalue weighted by atomic mass is 16.5. The van der Waals surface area contributed by atoms with E-state index in [0.29, 0.717) is 29.4 Å². The maximum Gasteiger partial charge on any atom is 0.254 e. The molecule has 0 atom stereocenters. The third-order valence-corrected chi connectivity index (χ3v) is 6.46. The van der Waals surface area contributed by atoms with Crippen LogP contribution >= 0.6 is 0 Å². The third-order valence-electron chi connectivity index (χ3n) is 6.46. The van der Waals surface area contributed by atoms with Gasteiger partial charge in [0.2, 0.25) is 5.91 Å². The van der Waals surface area contributed by atoms with Crippen LogP contribution in [-0.4, -0.2) is 53.8 Å². The lowest BCUT2D eigenvalue weighted by atomic mass is 10.1. The fraction of sp³-hybridized carbons (Fsp3) is 0.281. The van der Waals surface area contributed by atoms with E-state index in [1.165, 1.54) is 14.2 Å². The third kappa shape index (κ3) is 6.51. The Labute approximate surface area is 235 Å².